The zero-order chi connectivity index (χ0) is 16.4. The summed E-state index contributed by atoms with van der Waals surface area (Å²) in [5, 5.41) is 3.64. The molecule has 1 N–H and O–H groups in total. The lowest BCUT2D eigenvalue weighted by Crippen LogP contribution is -2.34. The highest BCUT2D eigenvalue weighted by atomic mass is 16.5. The second kappa shape index (κ2) is 6.75. The second-order valence-corrected chi connectivity index (χ2v) is 6.39. The standard InChI is InChI=1S/C19H27N3O/c1-5-17-21-19(23-4)18-16(20-10-11-22(17)18)9-8-15-7-6-13(2)14(3)12-15/h6-7,12,16,20H,5,8-11H2,1-4H3/t16-/m0/s1. The molecule has 0 bridgehead atoms. The largest absolute Gasteiger partial charge is 0.480 e. The monoisotopic (exact) mass is 313 g/mol. The molecule has 23 heavy (non-hydrogen) atoms. The highest BCUT2D eigenvalue weighted by Gasteiger charge is 2.27. The molecule has 4 nitrogen and oxygen atoms in total. The van der Waals surface area contributed by atoms with Crippen LogP contribution in [0.5, 0.6) is 5.88 Å². The normalized spacial score (nSPS) is 17.1. The van der Waals surface area contributed by atoms with Gasteiger partial charge in [-0.2, -0.15) is 4.98 Å². The van der Waals surface area contributed by atoms with Crippen molar-refractivity contribution in [2.75, 3.05) is 13.7 Å². The van der Waals surface area contributed by atoms with E-state index in [1.54, 1.807) is 7.11 Å². The van der Waals surface area contributed by atoms with E-state index in [0.717, 1.165) is 44.1 Å². The van der Waals surface area contributed by atoms with Crippen molar-refractivity contribution in [3.05, 3.63) is 46.4 Å². The summed E-state index contributed by atoms with van der Waals surface area (Å²) in [6.07, 6.45) is 3.07. The van der Waals surface area contributed by atoms with E-state index >= 15 is 0 Å². The number of methoxy groups -OCH3 is 1. The predicted octanol–water partition coefficient (Wildman–Crippen LogP) is 3.35. The van der Waals surface area contributed by atoms with Crippen LogP contribution in [0, 0.1) is 13.8 Å². The topological polar surface area (TPSA) is 39.1 Å². The van der Waals surface area contributed by atoms with Crippen LogP contribution >= 0.6 is 0 Å². The van der Waals surface area contributed by atoms with Crippen LogP contribution in [0.15, 0.2) is 18.2 Å². The molecule has 0 saturated heterocycles. The van der Waals surface area contributed by atoms with Gasteiger partial charge in [-0.15, -0.1) is 0 Å². The molecular weight excluding hydrogens is 286 g/mol. The van der Waals surface area contributed by atoms with E-state index in [1.807, 2.05) is 0 Å². The van der Waals surface area contributed by atoms with E-state index in [1.165, 1.54) is 22.4 Å². The van der Waals surface area contributed by atoms with Crippen LogP contribution in [0.25, 0.3) is 0 Å². The predicted molar refractivity (Wildman–Crippen MR) is 93.1 cm³/mol. The van der Waals surface area contributed by atoms with Gasteiger partial charge < -0.3 is 14.6 Å². The maximum Gasteiger partial charge on any atom is 0.236 e. The fourth-order valence-electron chi connectivity index (χ4n) is 3.45. The van der Waals surface area contributed by atoms with E-state index in [9.17, 15) is 0 Å². The fourth-order valence-corrected chi connectivity index (χ4v) is 3.45. The zero-order valence-electron chi connectivity index (χ0n) is 14.6. The van der Waals surface area contributed by atoms with Crippen LogP contribution in [0.3, 0.4) is 0 Å². The first-order chi connectivity index (χ1) is 11.1. The van der Waals surface area contributed by atoms with Crippen LogP contribution in [0.1, 0.15) is 47.6 Å². The van der Waals surface area contributed by atoms with Crippen LogP contribution in [0.2, 0.25) is 0 Å². The number of aryl methyl sites for hydroxylation is 4. The summed E-state index contributed by atoms with van der Waals surface area (Å²) in [6, 6.07) is 7.09. The third-order valence-electron chi connectivity index (χ3n) is 4.91. The van der Waals surface area contributed by atoms with E-state index < -0.39 is 0 Å². The Bertz CT molecular complexity index is 690. The third kappa shape index (κ3) is 3.13. The Labute approximate surface area is 138 Å². The molecule has 0 spiro atoms. The number of rotatable bonds is 5. The molecule has 124 valence electrons. The summed E-state index contributed by atoms with van der Waals surface area (Å²) in [6.45, 7) is 8.48. The summed E-state index contributed by atoms with van der Waals surface area (Å²) in [7, 11) is 1.72. The minimum atomic E-state index is 0.313. The molecule has 0 aliphatic carbocycles. The molecule has 4 heteroatoms. The Morgan fingerprint density at radius 1 is 1.30 bits per heavy atom. The number of hydrogen-bond donors (Lipinski definition) is 1. The van der Waals surface area contributed by atoms with Gasteiger partial charge >= 0.3 is 0 Å². The number of fused-ring (bicyclic) bond motifs is 1. The molecule has 0 amide bonds. The van der Waals surface area contributed by atoms with E-state index in [2.05, 4.69) is 53.8 Å². The Hall–Kier alpha value is -1.81. The first kappa shape index (κ1) is 16.1. The van der Waals surface area contributed by atoms with Gasteiger partial charge in [0.1, 0.15) is 5.82 Å². The Morgan fingerprint density at radius 3 is 2.83 bits per heavy atom. The van der Waals surface area contributed by atoms with Gasteiger partial charge in [0, 0.05) is 19.5 Å². The lowest BCUT2D eigenvalue weighted by atomic mass is 9.99. The van der Waals surface area contributed by atoms with Crippen LogP contribution in [-0.4, -0.2) is 23.2 Å². The van der Waals surface area contributed by atoms with E-state index in [0.29, 0.717) is 6.04 Å². The molecule has 0 fully saturated rings. The number of benzene rings is 1. The van der Waals surface area contributed by atoms with Crippen LogP contribution in [-0.2, 0) is 19.4 Å². The Balaban J connectivity index is 1.80. The number of hydrogen-bond acceptors (Lipinski definition) is 3. The lowest BCUT2D eigenvalue weighted by molar-refractivity contribution is 0.356. The smallest absolute Gasteiger partial charge is 0.236 e. The number of aromatic nitrogens is 2. The van der Waals surface area contributed by atoms with E-state index in [-0.39, 0.29) is 0 Å². The summed E-state index contributed by atoms with van der Waals surface area (Å²) < 4.78 is 7.89. The van der Waals surface area contributed by atoms with Gasteiger partial charge in [-0.1, -0.05) is 25.1 Å². The van der Waals surface area contributed by atoms with Crippen molar-refractivity contribution in [1.82, 2.24) is 14.9 Å². The number of imidazole rings is 1. The fraction of sp³-hybridized carbons (Fsp3) is 0.526. The number of nitrogens with zero attached hydrogens (tertiary/aromatic N) is 2. The van der Waals surface area contributed by atoms with Gasteiger partial charge in [-0.3, -0.25) is 0 Å². The lowest BCUT2D eigenvalue weighted by Gasteiger charge is -2.27. The van der Waals surface area contributed by atoms with Gasteiger partial charge in [0.15, 0.2) is 0 Å². The number of ether oxygens (including phenoxy) is 1. The van der Waals surface area contributed by atoms with Gasteiger partial charge in [0.25, 0.3) is 0 Å². The van der Waals surface area contributed by atoms with Crippen molar-refractivity contribution in [2.24, 2.45) is 0 Å². The van der Waals surface area contributed by atoms with Crippen molar-refractivity contribution >= 4 is 0 Å². The molecule has 3 rings (SSSR count). The summed E-state index contributed by atoms with van der Waals surface area (Å²) in [5.41, 5.74) is 5.35. The molecule has 1 aromatic carbocycles. The Kier molecular flexibility index (Phi) is 4.71. The van der Waals surface area contributed by atoms with Crippen LogP contribution in [0.4, 0.5) is 0 Å². The molecule has 1 aliphatic rings. The highest BCUT2D eigenvalue weighted by Crippen LogP contribution is 2.31. The average molecular weight is 313 g/mol. The number of nitrogens with one attached hydrogen (secondary N) is 1. The summed E-state index contributed by atoms with van der Waals surface area (Å²) >= 11 is 0. The van der Waals surface area contributed by atoms with Crippen molar-refractivity contribution in [1.29, 1.82) is 0 Å². The van der Waals surface area contributed by atoms with Crippen molar-refractivity contribution in [3.8, 4) is 5.88 Å². The van der Waals surface area contributed by atoms with Crippen molar-refractivity contribution in [3.63, 3.8) is 0 Å². The quantitative estimate of drug-likeness (QED) is 0.920. The molecular formula is C19H27N3O. The van der Waals surface area contributed by atoms with Crippen molar-refractivity contribution in [2.45, 2.75) is 52.6 Å². The third-order valence-corrected chi connectivity index (χ3v) is 4.91. The molecule has 1 atom stereocenters. The Morgan fingerprint density at radius 2 is 2.13 bits per heavy atom. The minimum absolute atomic E-state index is 0.313. The van der Waals surface area contributed by atoms with Gasteiger partial charge in [0.2, 0.25) is 5.88 Å². The molecule has 2 aromatic rings. The zero-order valence-corrected chi connectivity index (χ0v) is 14.6. The van der Waals surface area contributed by atoms with Crippen LogP contribution < -0.4 is 10.1 Å². The van der Waals surface area contributed by atoms with Crippen molar-refractivity contribution < 1.29 is 4.74 Å². The SMILES string of the molecule is CCc1nc(OC)c2n1CCN[C@H]2CCc1ccc(C)c(C)c1. The molecule has 1 aliphatic heterocycles. The van der Waals surface area contributed by atoms with E-state index in [4.69, 9.17) is 4.74 Å². The molecule has 0 saturated carbocycles. The summed E-state index contributed by atoms with van der Waals surface area (Å²) in [5.74, 6) is 1.92. The summed E-state index contributed by atoms with van der Waals surface area (Å²) in [4.78, 5) is 4.66. The minimum Gasteiger partial charge on any atom is -0.480 e. The average Bonchev–Trinajstić information content (AvgIpc) is 2.94. The first-order valence-electron chi connectivity index (χ1n) is 8.56. The molecule has 1 aromatic heterocycles. The molecule has 0 unspecified atom stereocenters. The maximum atomic E-state index is 5.54. The molecule has 2 heterocycles. The highest BCUT2D eigenvalue weighted by molar-refractivity contribution is 5.31. The first-order valence-corrected chi connectivity index (χ1v) is 8.56. The second-order valence-electron chi connectivity index (χ2n) is 6.39. The van der Waals surface area contributed by atoms with Gasteiger partial charge in [-0.05, 0) is 43.4 Å². The van der Waals surface area contributed by atoms with Gasteiger partial charge in [0.05, 0.1) is 18.8 Å². The molecule has 0 radical (unpaired) electrons. The maximum absolute atomic E-state index is 5.54. The van der Waals surface area contributed by atoms with Gasteiger partial charge in [-0.25, -0.2) is 0 Å².